The highest BCUT2D eigenvalue weighted by Crippen LogP contribution is 2.38. The molecule has 86 valence electrons. The Balaban J connectivity index is 1.91. The van der Waals surface area contributed by atoms with Crippen molar-refractivity contribution in [2.45, 2.75) is 18.9 Å². The van der Waals surface area contributed by atoms with Crippen molar-refractivity contribution in [3.63, 3.8) is 0 Å². The van der Waals surface area contributed by atoms with E-state index in [-0.39, 0.29) is 5.92 Å². The topological polar surface area (TPSA) is 38.7 Å². The van der Waals surface area contributed by atoms with Crippen molar-refractivity contribution in [1.29, 1.82) is 0 Å². The molecule has 1 aromatic rings. The van der Waals surface area contributed by atoms with Crippen LogP contribution < -0.4 is 4.74 Å². The van der Waals surface area contributed by atoms with Crippen LogP contribution in [0, 0.1) is 5.92 Å². The molecule has 0 amide bonds. The lowest BCUT2D eigenvalue weighted by molar-refractivity contribution is 0.0895. The zero-order valence-corrected chi connectivity index (χ0v) is 9.19. The van der Waals surface area contributed by atoms with Crippen LogP contribution in [0.15, 0.2) is 18.2 Å². The lowest BCUT2D eigenvalue weighted by atomic mass is 9.93. The number of fused-ring (bicyclic) bond motifs is 1. The van der Waals surface area contributed by atoms with Crippen molar-refractivity contribution >= 4 is 0 Å². The van der Waals surface area contributed by atoms with Crippen molar-refractivity contribution in [2.75, 3.05) is 19.8 Å². The average Bonchev–Trinajstić information content (AvgIpc) is 2.98. The summed E-state index contributed by atoms with van der Waals surface area (Å²) in [5.74, 6) is 1.12. The summed E-state index contributed by atoms with van der Waals surface area (Å²) < 4.78 is 10.9. The Bertz CT molecular complexity index is 383. The van der Waals surface area contributed by atoms with Crippen LogP contribution in [0.25, 0.3) is 0 Å². The van der Waals surface area contributed by atoms with Gasteiger partial charge in [-0.25, -0.2) is 0 Å². The standard InChI is InChI=1S/C13H16O3/c14-12(10-4-6-15-8-10)11-3-1-2-9-5-7-16-13(9)11/h1-3,10,12,14H,4-8H2. The minimum atomic E-state index is -0.449. The minimum Gasteiger partial charge on any atom is -0.493 e. The first kappa shape index (κ1) is 10.1. The van der Waals surface area contributed by atoms with Crippen molar-refractivity contribution < 1.29 is 14.6 Å². The van der Waals surface area contributed by atoms with E-state index in [0.29, 0.717) is 6.61 Å². The third-order valence-electron chi connectivity index (χ3n) is 3.47. The number of aliphatic hydroxyl groups is 1. The van der Waals surface area contributed by atoms with Gasteiger partial charge >= 0.3 is 0 Å². The van der Waals surface area contributed by atoms with E-state index in [4.69, 9.17) is 9.47 Å². The van der Waals surface area contributed by atoms with Gasteiger partial charge in [0, 0.05) is 24.5 Å². The van der Waals surface area contributed by atoms with Gasteiger partial charge in [0.1, 0.15) is 5.75 Å². The first-order chi connectivity index (χ1) is 7.86. The van der Waals surface area contributed by atoms with E-state index < -0.39 is 6.10 Å². The number of hydrogen-bond donors (Lipinski definition) is 1. The molecular weight excluding hydrogens is 204 g/mol. The Morgan fingerprint density at radius 1 is 1.31 bits per heavy atom. The second-order valence-electron chi connectivity index (χ2n) is 4.50. The molecule has 0 spiro atoms. The van der Waals surface area contributed by atoms with E-state index in [1.165, 1.54) is 5.56 Å². The van der Waals surface area contributed by atoms with Crippen molar-refractivity contribution in [1.82, 2.24) is 0 Å². The fourth-order valence-corrected chi connectivity index (χ4v) is 2.53. The number of hydrogen-bond acceptors (Lipinski definition) is 3. The van der Waals surface area contributed by atoms with Gasteiger partial charge in [0.15, 0.2) is 0 Å². The highest BCUT2D eigenvalue weighted by atomic mass is 16.5. The van der Waals surface area contributed by atoms with Crippen LogP contribution in [0.2, 0.25) is 0 Å². The van der Waals surface area contributed by atoms with E-state index in [9.17, 15) is 5.11 Å². The normalized spacial score (nSPS) is 25.2. The Labute approximate surface area is 95.0 Å². The molecule has 16 heavy (non-hydrogen) atoms. The molecule has 2 aliphatic rings. The van der Waals surface area contributed by atoms with Crippen LogP contribution in [0.5, 0.6) is 5.75 Å². The number of rotatable bonds is 2. The Hall–Kier alpha value is -1.06. The molecule has 1 aromatic carbocycles. The second kappa shape index (κ2) is 4.07. The Kier molecular flexibility index (Phi) is 2.58. The molecule has 3 nitrogen and oxygen atoms in total. The van der Waals surface area contributed by atoms with Gasteiger partial charge in [-0.15, -0.1) is 0 Å². The molecule has 2 heterocycles. The smallest absolute Gasteiger partial charge is 0.128 e. The summed E-state index contributed by atoms with van der Waals surface area (Å²) in [4.78, 5) is 0. The Morgan fingerprint density at radius 3 is 3.06 bits per heavy atom. The summed E-state index contributed by atoms with van der Waals surface area (Å²) in [7, 11) is 0. The van der Waals surface area contributed by atoms with E-state index in [0.717, 1.165) is 37.4 Å². The Morgan fingerprint density at radius 2 is 2.25 bits per heavy atom. The van der Waals surface area contributed by atoms with Crippen LogP contribution in [-0.2, 0) is 11.2 Å². The molecule has 0 aliphatic carbocycles. The molecule has 0 saturated carbocycles. The van der Waals surface area contributed by atoms with Crippen LogP contribution in [-0.4, -0.2) is 24.9 Å². The van der Waals surface area contributed by atoms with Crippen LogP contribution in [0.3, 0.4) is 0 Å². The number of ether oxygens (including phenoxy) is 2. The summed E-state index contributed by atoms with van der Waals surface area (Å²) in [5.41, 5.74) is 2.15. The first-order valence-corrected chi connectivity index (χ1v) is 5.86. The van der Waals surface area contributed by atoms with Crippen LogP contribution >= 0.6 is 0 Å². The SMILES string of the molecule is OC(c1cccc2c1OCC2)C1CCOC1. The molecule has 0 aromatic heterocycles. The van der Waals surface area contributed by atoms with Crippen molar-refractivity contribution in [2.24, 2.45) is 5.92 Å². The van der Waals surface area contributed by atoms with Crippen molar-refractivity contribution in [3.8, 4) is 5.75 Å². The monoisotopic (exact) mass is 220 g/mol. The first-order valence-electron chi connectivity index (χ1n) is 5.86. The van der Waals surface area contributed by atoms with E-state index in [1.54, 1.807) is 0 Å². The highest BCUT2D eigenvalue weighted by Gasteiger charge is 2.29. The lowest BCUT2D eigenvalue weighted by Gasteiger charge is -2.19. The number of benzene rings is 1. The molecule has 2 aliphatic heterocycles. The van der Waals surface area contributed by atoms with E-state index >= 15 is 0 Å². The third kappa shape index (κ3) is 1.60. The van der Waals surface area contributed by atoms with Gasteiger partial charge in [0.25, 0.3) is 0 Å². The molecule has 0 bridgehead atoms. The summed E-state index contributed by atoms with van der Waals surface area (Å²) in [6.45, 7) is 2.16. The highest BCUT2D eigenvalue weighted by molar-refractivity contribution is 5.45. The number of para-hydroxylation sites is 1. The zero-order chi connectivity index (χ0) is 11.0. The summed E-state index contributed by atoms with van der Waals surface area (Å²) >= 11 is 0. The molecule has 3 heteroatoms. The number of aliphatic hydroxyl groups excluding tert-OH is 1. The molecule has 0 radical (unpaired) electrons. The second-order valence-corrected chi connectivity index (χ2v) is 4.50. The molecule has 3 rings (SSSR count). The molecule has 1 saturated heterocycles. The average molecular weight is 220 g/mol. The predicted molar refractivity (Wildman–Crippen MR) is 59.5 cm³/mol. The maximum Gasteiger partial charge on any atom is 0.128 e. The van der Waals surface area contributed by atoms with Crippen LogP contribution in [0.4, 0.5) is 0 Å². The van der Waals surface area contributed by atoms with Gasteiger partial charge in [0.05, 0.1) is 19.3 Å². The lowest BCUT2D eigenvalue weighted by Crippen LogP contribution is -2.13. The molecule has 2 atom stereocenters. The van der Waals surface area contributed by atoms with Gasteiger partial charge in [-0.05, 0) is 12.0 Å². The molecule has 1 fully saturated rings. The minimum absolute atomic E-state index is 0.218. The molecule has 1 N–H and O–H groups in total. The van der Waals surface area contributed by atoms with Gasteiger partial charge in [-0.2, -0.15) is 0 Å². The van der Waals surface area contributed by atoms with Crippen LogP contribution in [0.1, 0.15) is 23.7 Å². The summed E-state index contributed by atoms with van der Waals surface area (Å²) in [6.07, 6.45) is 1.44. The molecular formula is C13H16O3. The zero-order valence-electron chi connectivity index (χ0n) is 9.19. The van der Waals surface area contributed by atoms with Gasteiger partial charge in [-0.3, -0.25) is 0 Å². The van der Waals surface area contributed by atoms with E-state index in [1.807, 2.05) is 12.1 Å². The third-order valence-corrected chi connectivity index (χ3v) is 3.47. The van der Waals surface area contributed by atoms with Gasteiger partial charge in [-0.1, -0.05) is 18.2 Å². The van der Waals surface area contributed by atoms with E-state index in [2.05, 4.69) is 6.07 Å². The predicted octanol–water partition coefficient (Wildman–Crippen LogP) is 1.69. The maximum atomic E-state index is 10.3. The fraction of sp³-hybridized carbons (Fsp3) is 0.538. The van der Waals surface area contributed by atoms with Crippen molar-refractivity contribution in [3.05, 3.63) is 29.3 Å². The largest absolute Gasteiger partial charge is 0.493 e. The quantitative estimate of drug-likeness (QED) is 0.824. The maximum absolute atomic E-state index is 10.3. The summed E-state index contributed by atoms with van der Waals surface area (Å²) in [5, 5.41) is 10.3. The fourth-order valence-electron chi connectivity index (χ4n) is 2.53. The van der Waals surface area contributed by atoms with Gasteiger partial charge in [0.2, 0.25) is 0 Å². The summed E-state index contributed by atoms with van der Waals surface area (Å²) in [6, 6.07) is 6.04. The molecule has 2 unspecified atom stereocenters. The van der Waals surface area contributed by atoms with Gasteiger partial charge < -0.3 is 14.6 Å².